The van der Waals surface area contributed by atoms with Crippen molar-refractivity contribution in [1.29, 1.82) is 0 Å². The Bertz CT molecular complexity index is 1170. The van der Waals surface area contributed by atoms with Crippen molar-refractivity contribution in [2.45, 2.75) is 32.3 Å². The lowest BCUT2D eigenvalue weighted by atomic mass is 9.94. The molecule has 7 heteroatoms. The molecule has 2 aliphatic rings. The molecule has 1 saturated heterocycles. The molecule has 3 aromatic rings. The highest BCUT2D eigenvalue weighted by Crippen LogP contribution is 2.29. The van der Waals surface area contributed by atoms with E-state index in [1.165, 1.54) is 5.39 Å². The van der Waals surface area contributed by atoms with Gasteiger partial charge in [0.25, 0.3) is 0 Å². The van der Waals surface area contributed by atoms with E-state index in [0.29, 0.717) is 17.4 Å². The summed E-state index contributed by atoms with van der Waals surface area (Å²) in [5, 5.41) is 21.8. The van der Waals surface area contributed by atoms with Gasteiger partial charge in [0.2, 0.25) is 5.95 Å². The number of hydrogen-bond donors (Lipinski definition) is 1. The molecule has 1 N–H and O–H groups in total. The van der Waals surface area contributed by atoms with Crippen LogP contribution in [0.4, 0.5) is 11.8 Å². The van der Waals surface area contributed by atoms with Crippen LogP contribution in [0.3, 0.4) is 0 Å². The lowest BCUT2D eigenvalue weighted by molar-refractivity contribution is 0.0778. The van der Waals surface area contributed by atoms with E-state index in [1.54, 1.807) is 26.2 Å². The Hall–Kier alpha value is -3.32. The van der Waals surface area contributed by atoms with E-state index >= 15 is 0 Å². The molecule has 1 atom stereocenters. The van der Waals surface area contributed by atoms with Gasteiger partial charge in [-0.15, -0.1) is 5.10 Å². The van der Waals surface area contributed by atoms with Gasteiger partial charge in [0.05, 0.1) is 11.3 Å². The fourth-order valence-corrected chi connectivity index (χ4v) is 4.48. The number of aromatic nitrogens is 4. The van der Waals surface area contributed by atoms with Crippen LogP contribution in [-0.4, -0.2) is 51.5 Å². The van der Waals surface area contributed by atoms with Gasteiger partial charge in [0, 0.05) is 54.9 Å². The average Bonchev–Trinajstić information content (AvgIpc) is 2.85. The van der Waals surface area contributed by atoms with Crippen LogP contribution in [0.15, 0.2) is 61.0 Å². The van der Waals surface area contributed by atoms with Crippen LogP contribution < -0.4 is 9.80 Å². The maximum absolute atomic E-state index is 10.1. The summed E-state index contributed by atoms with van der Waals surface area (Å²) < 4.78 is 0. The SMILES string of the molecule is CC(C)(O)c1cnc(N2CCN(c3nnc(CC4C=CC=CC4)c4ccccc34)CC2)nc1. The lowest BCUT2D eigenvalue weighted by Gasteiger charge is -2.35. The summed E-state index contributed by atoms with van der Waals surface area (Å²) in [5.74, 6) is 2.12. The molecule has 2 aromatic heterocycles. The lowest BCUT2D eigenvalue weighted by Crippen LogP contribution is -2.47. The molecule has 0 amide bonds. The second-order valence-electron chi connectivity index (χ2n) is 9.33. The maximum Gasteiger partial charge on any atom is 0.225 e. The summed E-state index contributed by atoms with van der Waals surface area (Å²) in [6.45, 7) is 6.74. The minimum absolute atomic E-state index is 0.477. The number of piperazine rings is 1. The highest BCUT2D eigenvalue weighted by atomic mass is 16.3. The van der Waals surface area contributed by atoms with Crippen LogP contribution in [0.1, 0.15) is 31.5 Å². The number of rotatable bonds is 5. The van der Waals surface area contributed by atoms with Gasteiger partial charge in [-0.3, -0.25) is 0 Å². The van der Waals surface area contributed by atoms with Gasteiger partial charge in [0.1, 0.15) is 0 Å². The third-order valence-corrected chi connectivity index (χ3v) is 6.48. The summed E-state index contributed by atoms with van der Waals surface area (Å²) in [5.41, 5.74) is 0.845. The van der Waals surface area contributed by atoms with Crippen LogP contribution in [0.25, 0.3) is 10.8 Å². The standard InChI is InChI=1S/C26H30N6O/c1-26(2,33)20-17-27-25(28-18-20)32-14-12-31(13-15-32)24-22-11-7-6-10-21(22)23(29-30-24)16-19-8-4-3-5-9-19/h3-8,10-11,17-19,33H,9,12-16H2,1-2H3. The Labute approximate surface area is 194 Å². The van der Waals surface area contributed by atoms with Crippen LogP contribution >= 0.6 is 0 Å². The van der Waals surface area contributed by atoms with E-state index in [1.807, 2.05) is 0 Å². The zero-order valence-electron chi connectivity index (χ0n) is 19.2. The van der Waals surface area contributed by atoms with E-state index in [-0.39, 0.29) is 0 Å². The number of fused-ring (bicyclic) bond motifs is 1. The van der Waals surface area contributed by atoms with E-state index in [4.69, 9.17) is 0 Å². The predicted octanol–water partition coefficient (Wildman–Crippen LogP) is 3.65. The molecular formula is C26H30N6O. The third-order valence-electron chi connectivity index (χ3n) is 6.48. The summed E-state index contributed by atoms with van der Waals surface area (Å²) >= 11 is 0. The molecule has 33 heavy (non-hydrogen) atoms. The number of allylic oxidation sites excluding steroid dienone is 4. The summed E-state index contributed by atoms with van der Waals surface area (Å²) in [6, 6.07) is 8.49. The Morgan fingerprint density at radius 2 is 1.64 bits per heavy atom. The van der Waals surface area contributed by atoms with Crippen LogP contribution in [-0.2, 0) is 12.0 Å². The molecule has 0 saturated carbocycles. The van der Waals surface area contributed by atoms with Crippen molar-refractivity contribution in [1.82, 2.24) is 20.2 Å². The highest BCUT2D eigenvalue weighted by molar-refractivity contribution is 5.93. The Morgan fingerprint density at radius 1 is 0.939 bits per heavy atom. The largest absolute Gasteiger partial charge is 0.386 e. The third kappa shape index (κ3) is 4.59. The van der Waals surface area contributed by atoms with Gasteiger partial charge in [-0.05, 0) is 32.6 Å². The molecule has 1 aromatic carbocycles. The molecule has 1 unspecified atom stereocenters. The zero-order valence-corrected chi connectivity index (χ0v) is 19.2. The molecule has 0 spiro atoms. The first kappa shape index (κ1) is 21.5. The number of anilines is 2. The van der Waals surface area contributed by atoms with Crippen molar-refractivity contribution in [2.24, 2.45) is 5.92 Å². The van der Waals surface area contributed by atoms with Crippen molar-refractivity contribution in [2.75, 3.05) is 36.0 Å². The summed E-state index contributed by atoms with van der Waals surface area (Å²) in [4.78, 5) is 13.5. The Balaban J connectivity index is 1.32. The second kappa shape index (κ2) is 8.90. The smallest absolute Gasteiger partial charge is 0.225 e. The molecule has 3 heterocycles. The number of nitrogens with zero attached hydrogens (tertiary/aromatic N) is 6. The van der Waals surface area contributed by atoms with Crippen molar-refractivity contribution in [3.63, 3.8) is 0 Å². The Morgan fingerprint density at radius 3 is 2.30 bits per heavy atom. The van der Waals surface area contributed by atoms with E-state index in [0.717, 1.165) is 55.9 Å². The molecule has 0 bridgehead atoms. The highest BCUT2D eigenvalue weighted by Gasteiger charge is 2.24. The minimum atomic E-state index is -0.937. The van der Waals surface area contributed by atoms with Crippen molar-refractivity contribution < 1.29 is 5.11 Å². The minimum Gasteiger partial charge on any atom is -0.386 e. The average molecular weight is 443 g/mol. The van der Waals surface area contributed by atoms with Gasteiger partial charge < -0.3 is 14.9 Å². The molecule has 1 fully saturated rings. The molecule has 170 valence electrons. The zero-order chi connectivity index (χ0) is 22.8. The second-order valence-corrected chi connectivity index (χ2v) is 9.33. The normalized spacial score (nSPS) is 18.8. The molecular weight excluding hydrogens is 412 g/mol. The topological polar surface area (TPSA) is 78.3 Å². The van der Waals surface area contributed by atoms with Crippen LogP contribution in [0.5, 0.6) is 0 Å². The van der Waals surface area contributed by atoms with E-state index < -0.39 is 5.60 Å². The van der Waals surface area contributed by atoms with Crippen LogP contribution in [0.2, 0.25) is 0 Å². The number of benzene rings is 1. The first-order valence-corrected chi connectivity index (χ1v) is 11.6. The first-order chi connectivity index (χ1) is 16.0. The number of aliphatic hydroxyl groups is 1. The fourth-order valence-electron chi connectivity index (χ4n) is 4.48. The first-order valence-electron chi connectivity index (χ1n) is 11.6. The summed E-state index contributed by atoms with van der Waals surface area (Å²) in [7, 11) is 0. The predicted molar refractivity (Wildman–Crippen MR) is 131 cm³/mol. The summed E-state index contributed by atoms with van der Waals surface area (Å²) in [6.07, 6.45) is 14.1. The van der Waals surface area contributed by atoms with Gasteiger partial charge in [0.15, 0.2) is 5.82 Å². The van der Waals surface area contributed by atoms with Crippen LogP contribution in [0, 0.1) is 5.92 Å². The van der Waals surface area contributed by atoms with Gasteiger partial charge in [-0.25, -0.2) is 9.97 Å². The molecule has 0 radical (unpaired) electrons. The molecule has 7 nitrogen and oxygen atoms in total. The van der Waals surface area contributed by atoms with E-state index in [9.17, 15) is 5.11 Å². The Kier molecular flexibility index (Phi) is 5.81. The van der Waals surface area contributed by atoms with Crippen molar-refractivity contribution in [3.05, 3.63) is 72.2 Å². The maximum atomic E-state index is 10.1. The van der Waals surface area contributed by atoms with E-state index in [2.05, 4.69) is 78.5 Å². The van der Waals surface area contributed by atoms with Gasteiger partial charge >= 0.3 is 0 Å². The van der Waals surface area contributed by atoms with Gasteiger partial charge in [-0.2, -0.15) is 5.10 Å². The quantitative estimate of drug-likeness (QED) is 0.646. The van der Waals surface area contributed by atoms with Gasteiger partial charge in [-0.1, -0.05) is 48.6 Å². The van der Waals surface area contributed by atoms with Crippen molar-refractivity contribution >= 4 is 22.5 Å². The molecule has 5 rings (SSSR count). The monoisotopic (exact) mass is 442 g/mol. The molecule has 1 aliphatic heterocycles. The fraction of sp³-hybridized carbons (Fsp3) is 0.385. The van der Waals surface area contributed by atoms with Crippen molar-refractivity contribution in [3.8, 4) is 0 Å². The number of hydrogen-bond acceptors (Lipinski definition) is 7. The molecule has 1 aliphatic carbocycles.